The van der Waals surface area contributed by atoms with E-state index >= 15 is 0 Å². The van der Waals surface area contributed by atoms with Gasteiger partial charge in [0.25, 0.3) is 5.91 Å². The molecule has 0 atom stereocenters. The molecule has 192 valence electrons. The fraction of sp³-hybridized carbons (Fsp3) is 0.261. The molecule has 36 heavy (non-hydrogen) atoms. The van der Waals surface area contributed by atoms with E-state index in [2.05, 4.69) is 20.5 Å². The Morgan fingerprint density at radius 2 is 1.89 bits per heavy atom. The van der Waals surface area contributed by atoms with Crippen molar-refractivity contribution in [1.82, 2.24) is 19.8 Å². The average molecular weight is 517 g/mol. The van der Waals surface area contributed by atoms with Crippen LogP contribution in [0.25, 0.3) is 11.1 Å². The molecule has 2 aromatic heterocycles. The molecule has 3 aromatic rings. The summed E-state index contributed by atoms with van der Waals surface area (Å²) in [5, 5.41) is 12.0. The second kappa shape index (κ2) is 13.7. The first-order valence-corrected chi connectivity index (χ1v) is 11.4. The normalized spacial score (nSPS) is 10.7. The molecule has 0 aliphatic carbocycles. The number of carbonyl (C=O) groups excluding carboxylic acids is 2. The van der Waals surface area contributed by atoms with Crippen LogP contribution < -0.4 is 17.0 Å². The minimum atomic E-state index is -0.875. The Morgan fingerprint density at radius 3 is 2.50 bits per heavy atom. The fourth-order valence-electron chi connectivity index (χ4n) is 2.99. The quantitative estimate of drug-likeness (QED) is 0.107. The Morgan fingerprint density at radius 1 is 1.19 bits per heavy atom. The van der Waals surface area contributed by atoms with E-state index in [1.807, 2.05) is 13.8 Å². The number of halogens is 1. The van der Waals surface area contributed by atoms with Crippen molar-refractivity contribution >= 4 is 35.3 Å². The van der Waals surface area contributed by atoms with Crippen LogP contribution in [0, 0.1) is 0 Å². The van der Waals surface area contributed by atoms with Gasteiger partial charge >= 0.3 is 6.16 Å². The number of aryl methyl sites for hydroxylation is 1. The molecule has 0 saturated heterocycles. The summed E-state index contributed by atoms with van der Waals surface area (Å²) in [5.74, 6) is 11.6. The first-order valence-electron chi connectivity index (χ1n) is 11.0. The molecule has 5 N–H and O–H groups in total. The van der Waals surface area contributed by atoms with E-state index in [9.17, 15) is 9.59 Å². The first kappa shape index (κ1) is 28.1. The van der Waals surface area contributed by atoms with Crippen molar-refractivity contribution in [2.24, 2.45) is 23.8 Å². The lowest BCUT2D eigenvalue weighted by molar-refractivity contribution is 0.0331. The Bertz CT molecular complexity index is 1200. The zero-order valence-corrected chi connectivity index (χ0v) is 21.2. The van der Waals surface area contributed by atoms with Crippen LogP contribution in [-0.2, 0) is 16.5 Å². The third-order valence-corrected chi connectivity index (χ3v) is 4.88. The van der Waals surface area contributed by atoms with Crippen LogP contribution in [0.4, 0.5) is 10.6 Å². The number of nitrogens with zero attached hydrogens (tertiary/aromatic N) is 5. The molecule has 0 fully saturated rings. The van der Waals surface area contributed by atoms with E-state index in [1.165, 1.54) is 10.9 Å². The highest BCUT2D eigenvalue weighted by atomic mass is 35.5. The number of amidine groups is 1. The lowest BCUT2D eigenvalue weighted by Gasteiger charge is -2.20. The van der Waals surface area contributed by atoms with E-state index in [0.717, 1.165) is 10.6 Å². The van der Waals surface area contributed by atoms with Crippen LogP contribution in [-0.4, -0.2) is 51.0 Å². The van der Waals surface area contributed by atoms with Crippen LogP contribution in [0.3, 0.4) is 0 Å². The summed E-state index contributed by atoms with van der Waals surface area (Å²) in [5.41, 5.74) is 2.22. The molecular weight excluding hydrogens is 488 g/mol. The monoisotopic (exact) mass is 516 g/mol. The lowest BCUT2D eigenvalue weighted by Crippen LogP contribution is -2.42. The molecule has 0 aliphatic heterocycles. The number of pyridine rings is 1. The van der Waals surface area contributed by atoms with Crippen LogP contribution in [0.15, 0.2) is 53.9 Å². The Balaban J connectivity index is 0.00000222. The average Bonchev–Trinajstić information content (AvgIpc) is 3.27. The standard InChI is InChI=1S/C21H23ClN8O4.C2H6/c1-3-33-21(32)34-12-30(24)19(28-23)17-15(11-26-29(17)2)13-6-8-14(9-7-13)20(31)27-18-16(22)5-4-10-25-18;1-2/h4-11H,3,12,23-24H2,1-2H3,(H,25,27,31);1-2H3/b28-19-;. The number of nitrogens with two attached hydrogens (primary N) is 2. The zero-order valence-electron chi connectivity index (χ0n) is 20.4. The fourth-order valence-corrected chi connectivity index (χ4v) is 3.16. The van der Waals surface area contributed by atoms with Gasteiger partial charge in [-0.1, -0.05) is 37.6 Å². The maximum Gasteiger partial charge on any atom is 0.510 e. The van der Waals surface area contributed by atoms with Crippen molar-refractivity contribution in [2.45, 2.75) is 20.8 Å². The van der Waals surface area contributed by atoms with E-state index in [1.54, 1.807) is 56.6 Å². The molecule has 0 saturated carbocycles. The number of hydrazine groups is 1. The van der Waals surface area contributed by atoms with E-state index in [4.69, 9.17) is 32.8 Å². The van der Waals surface area contributed by atoms with Crippen LogP contribution >= 0.6 is 11.6 Å². The minimum absolute atomic E-state index is 0.117. The number of nitrogens with one attached hydrogen (secondary N) is 1. The van der Waals surface area contributed by atoms with Gasteiger partial charge in [0.1, 0.15) is 5.69 Å². The SMILES string of the molecule is CC.CCOC(=O)OCN(N)/C(=N\N)c1c(-c2ccc(C(=O)Nc3ncccc3Cl)cc2)cnn1C. The summed E-state index contributed by atoms with van der Waals surface area (Å²) in [7, 11) is 1.68. The Labute approximate surface area is 213 Å². The maximum absolute atomic E-state index is 12.6. The van der Waals surface area contributed by atoms with Crippen molar-refractivity contribution in [3.63, 3.8) is 0 Å². The summed E-state index contributed by atoms with van der Waals surface area (Å²) < 4.78 is 11.2. The number of anilines is 1. The summed E-state index contributed by atoms with van der Waals surface area (Å²) in [6, 6.07) is 10.1. The van der Waals surface area contributed by atoms with Crippen molar-refractivity contribution < 1.29 is 19.1 Å². The second-order valence-electron chi connectivity index (χ2n) is 6.77. The van der Waals surface area contributed by atoms with Crippen molar-refractivity contribution in [3.8, 4) is 11.1 Å². The zero-order chi connectivity index (χ0) is 26.7. The number of ether oxygens (including phenoxy) is 2. The third kappa shape index (κ3) is 6.93. The van der Waals surface area contributed by atoms with Crippen molar-refractivity contribution in [2.75, 3.05) is 18.7 Å². The first-order chi connectivity index (χ1) is 17.3. The topological polar surface area (TPSA) is 163 Å². The van der Waals surface area contributed by atoms with Crippen LogP contribution in [0.2, 0.25) is 5.02 Å². The highest BCUT2D eigenvalue weighted by Crippen LogP contribution is 2.25. The number of hydrazone groups is 1. The van der Waals surface area contributed by atoms with Gasteiger partial charge in [-0.25, -0.2) is 15.6 Å². The predicted molar refractivity (Wildman–Crippen MR) is 137 cm³/mol. The molecule has 0 aliphatic rings. The van der Waals surface area contributed by atoms with Gasteiger partial charge in [-0.05, 0) is 36.8 Å². The smallest absolute Gasteiger partial charge is 0.435 e. The van der Waals surface area contributed by atoms with Gasteiger partial charge in [0, 0.05) is 24.4 Å². The summed E-state index contributed by atoms with van der Waals surface area (Å²) in [6.07, 6.45) is 2.26. The summed E-state index contributed by atoms with van der Waals surface area (Å²) >= 11 is 6.05. The van der Waals surface area contributed by atoms with Crippen molar-refractivity contribution in [3.05, 3.63) is 65.1 Å². The van der Waals surface area contributed by atoms with Gasteiger partial charge in [0.2, 0.25) is 0 Å². The van der Waals surface area contributed by atoms with Gasteiger partial charge in [0.05, 0.1) is 17.8 Å². The molecule has 1 amide bonds. The van der Waals surface area contributed by atoms with Crippen molar-refractivity contribution in [1.29, 1.82) is 0 Å². The minimum Gasteiger partial charge on any atom is -0.435 e. The number of hydrogen-bond acceptors (Lipinski definition) is 9. The third-order valence-electron chi connectivity index (χ3n) is 4.58. The molecule has 0 spiro atoms. The van der Waals surface area contributed by atoms with Crippen LogP contribution in [0.1, 0.15) is 36.8 Å². The molecule has 1 aromatic carbocycles. The number of amides is 1. The summed E-state index contributed by atoms with van der Waals surface area (Å²) in [4.78, 5) is 28.1. The Kier molecular flexibility index (Phi) is 10.7. The molecule has 12 nitrogen and oxygen atoms in total. The number of rotatable bonds is 7. The van der Waals surface area contributed by atoms with Gasteiger partial charge < -0.3 is 20.6 Å². The van der Waals surface area contributed by atoms with E-state index in [-0.39, 0.29) is 30.9 Å². The number of carbonyl (C=O) groups is 2. The second-order valence-corrected chi connectivity index (χ2v) is 7.18. The molecular formula is C23H29ClN8O4. The predicted octanol–water partition coefficient (Wildman–Crippen LogP) is 3.34. The highest BCUT2D eigenvalue weighted by molar-refractivity contribution is 6.33. The number of hydrogen-bond donors (Lipinski definition) is 3. The van der Waals surface area contributed by atoms with Crippen LogP contribution in [0.5, 0.6) is 0 Å². The van der Waals surface area contributed by atoms with Gasteiger partial charge in [-0.15, -0.1) is 0 Å². The summed E-state index contributed by atoms with van der Waals surface area (Å²) in [6.45, 7) is 5.46. The molecule has 13 heteroatoms. The van der Waals surface area contributed by atoms with E-state index < -0.39 is 6.16 Å². The largest absolute Gasteiger partial charge is 0.510 e. The lowest BCUT2D eigenvalue weighted by atomic mass is 10.0. The van der Waals surface area contributed by atoms with Gasteiger partial charge in [-0.3, -0.25) is 14.5 Å². The molecule has 2 heterocycles. The molecule has 3 rings (SSSR count). The molecule has 0 radical (unpaired) electrons. The number of benzene rings is 1. The van der Waals surface area contributed by atoms with Gasteiger partial charge in [0.15, 0.2) is 18.4 Å². The molecule has 0 unspecified atom stereocenters. The number of aromatic nitrogens is 3. The Hall–Kier alpha value is -4.16. The maximum atomic E-state index is 12.6. The highest BCUT2D eigenvalue weighted by Gasteiger charge is 2.22. The van der Waals surface area contributed by atoms with Gasteiger partial charge in [-0.2, -0.15) is 10.2 Å². The molecule has 0 bridgehead atoms. The van der Waals surface area contributed by atoms with E-state index in [0.29, 0.717) is 21.8 Å².